The highest BCUT2D eigenvalue weighted by Gasteiger charge is 2.19. The zero-order valence-corrected chi connectivity index (χ0v) is 11.4. The fourth-order valence-electron chi connectivity index (χ4n) is 1.74. The second-order valence-electron chi connectivity index (χ2n) is 4.31. The quantitative estimate of drug-likeness (QED) is 0.604. The minimum Gasteiger partial charge on any atom is -0.484 e. The van der Waals surface area contributed by atoms with Gasteiger partial charge in [0.05, 0.1) is 11.5 Å². The summed E-state index contributed by atoms with van der Waals surface area (Å²) in [5, 5.41) is 20.6. The molecule has 0 fully saturated rings. The van der Waals surface area contributed by atoms with Crippen LogP contribution in [0.4, 0.5) is 5.69 Å². The number of hydrogen-bond acceptors (Lipinski definition) is 5. The van der Waals surface area contributed by atoms with E-state index >= 15 is 0 Å². The molecule has 0 saturated heterocycles. The lowest BCUT2D eigenvalue weighted by molar-refractivity contribution is -0.386. The molecule has 0 aromatic heterocycles. The molecular formula is C13H19NO5. The summed E-state index contributed by atoms with van der Waals surface area (Å²) in [7, 11) is 0. The lowest BCUT2D eigenvalue weighted by atomic mass is 10.1. The van der Waals surface area contributed by atoms with Crippen molar-refractivity contribution in [3.63, 3.8) is 0 Å². The highest BCUT2D eigenvalue weighted by Crippen LogP contribution is 2.32. The first-order chi connectivity index (χ1) is 8.95. The van der Waals surface area contributed by atoms with Gasteiger partial charge < -0.3 is 14.6 Å². The number of hydrogen-bond donors (Lipinski definition) is 1. The fourth-order valence-corrected chi connectivity index (χ4v) is 1.74. The Morgan fingerprint density at radius 1 is 1.37 bits per heavy atom. The summed E-state index contributed by atoms with van der Waals surface area (Å²) < 4.78 is 10.4. The van der Waals surface area contributed by atoms with Crippen LogP contribution < -0.4 is 4.74 Å². The molecule has 0 spiro atoms. The average molecular weight is 269 g/mol. The number of nitro groups is 1. The van der Waals surface area contributed by atoms with E-state index in [0.717, 1.165) is 5.56 Å². The van der Waals surface area contributed by atoms with Crippen molar-refractivity contribution in [1.29, 1.82) is 0 Å². The van der Waals surface area contributed by atoms with Crippen molar-refractivity contribution >= 4 is 5.69 Å². The summed E-state index contributed by atoms with van der Waals surface area (Å²) >= 11 is 0. The number of aliphatic hydroxyl groups is 1. The van der Waals surface area contributed by atoms with Gasteiger partial charge in [0, 0.05) is 12.7 Å². The van der Waals surface area contributed by atoms with Crippen LogP contribution in [-0.4, -0.2) is 36.0 Å². The third kappa shape index (κ3) is 4.50. The van der Waals surface area contributed by atoms with Gasteiger partial charge in [0.1, 0.15) is 12.7 Å². The SMILES string of the molecule is CCOC[C@@H](O)COc1c(C)cc(C)cc1[N+](=O)[O-]. The van der Waals surface area contributed by atoms with Gasteiger partial charge in [0.2, 0.25) is 0 Å². The van der Waals surface area contributed by atoms with Gasteiger partial charge in [-0.3, -0.25) is 10.1 Å². The number of ether oxygens (including phenoxy) is 2. The van der Waals surface area contributed by atoms with Gasteiger partial charge in [-0.2, -0.15) is 0 Å². The van der Waals surface area contributed by atoms with E-state index in [2.05, 4.69) is 0 Å². The Kier molecular flexibility index (Phi) is 5.72. The maximum atomic E-state index is 11.0. The van der Waals surface area contributed by atoms with E-state index in [-0.39, 0.29) is 24.7 Å². The number of nitrogens with zero attached hydrogens (tertiary/aromatic N) is 1. The molecule has 6 heteroatoms. The number of rotatable bonds is 7. The molecule has 106 valence electrons. The molecule has 0 radical (unpaired) electrons. The van der Waals surface area contributed by atoms with Crippen LogP contribution in [0.2, 0.25) is 0 Å². The number of aliphatic hydroxyl groups excluding tert-OH is 1. The number of benzene rings is 1. The van der Waals surface area contributed by atoms with Crippen molar-refractivity contribution in [3.8, 4) is 5.75 Å². The number of aryl methyl sites for hydroxylation is 2. The van der Waals surface area contributed by atoms with Gasteiger partial charge in [0.15, 0.2) is 5.75 Å². The first-order valence-electron chi connectivity index (χ1n) is 6.10. The monoisotopic (exact) mass is 269 g/mol. The Morgan fingerprint density at radius 2 is 2.05 bits per heavy atom. The zero-order valence-electron chi connectivity index (χ0n) is 11.4. The molecule has 0 bridgehead atoms. The Labute approximate surface area is 112 Å². The minimum atomic E-state index is -0.805. The van der Waals surface area contributed by atoms with Crippen LogP contribution in [0.5, 0.6) is 5.75 Å². The fraction of sp³-hybridized carbons (Fsp3) is 0.538. The van der Waals surface area contributed by atoms with E-state index in [9.17, 15) is 15.2 Å². The predicted molar refractivity (Wildman–Crippen MR) is 70.6 cm³/mol. The van der Waals surface area contributed by atoms with Crippen molar-refractivity contribution in [1.82, 2.24) is 0 Å². The molecule has 0 heterocycles. The van der Waals surface area contributed by atoms with Crippen molar-refractivity contribution in [2.45, 2.75) is 26.9 Å². The topological polar surface area (TPSA) is 81.8 Å². The summed E-state index contributed by atoms with van der Waals surface area (Å²) in [6.45, 7) is 5.96. The van der Waals surface area contributed by atoms with Crippen LogP contribution in [0.1, 0.15) is 18.1 Å². The van der Waals surface area contributed by atoms with Crippen LogP contribution >= 0.6 is 0 Å². The molecule has 0 aliphatic heterocycles. The lowest BCUT2D eigenvalue weighted by Gasteiger charge is -2.14. The lowest BCUT2D eigenvalue weighted by Crippen LogP contribution is -2.23. The summed E-state index contributed by atoms with van der Waals surface area (Å²) in [4.78, 5) is 10.5. The van der Waals surface area contributed by atoms with Crippen LogP contribution in [0.15, 0.2) is 12.1 Å². The Morgan fingerprint density at radius 3 is 2.63 bits per heavy atom. The summed E-state index contributed by atoms with van der Waals surface area (Å²) in [5.41, 5.74) is 1.39. The van der Waals surface area contributed by atoms with Gasteiger partial charge in [0.25, 0.3) is 0 Å². The maximum Gasteiger partial charge on any atom is 0.311 e. The smallest absolute Gasteiger partial charge is 0.311 e. The Balaban J connectivity index is 2.80. The largest absolute Gasteiger partial charge is 0.484 e. The summed E-state index contributed by atoms with van der Waals surface area (Å²) in [5.74, 6) is 0.200. The molecule has 19 heavy (non-hydrogen) atoms. The van der Waals surface area contributed by atoms with Crippen molar-refractivity contribution in [3.05, 3.63) is 33.4 Å². The normalized spacial score (nSPS) is 12.2. The molecule has 1 atom stereocenters. The molecule has 1 aromatic rings. The molecule has 0 saturated carbocycles. The van der Waals surface area contributed by atoms with E-state index in [0.29, 0.717) is 12.2 Å². The van der Waals surface area contributed by atoms with Gasteiger partial charge in [-0.05, 0) is 31.9 Å². The molecule has 0 amide bonds. The van der Waals surface area contributed by atoms with Crippen LogP contribution in [0.25, 0.3) is 0 Å². The summed E-state index contributed by atoms with van der Waals surface area (Å²) in [6.07, 6.45) is -0.805. The minimum absolute atomic E-state index is 0.0370. The van der Waals surface area contributed by atoms with Gasteiger partial charge in [-0.25, -0.2) is 0 Å². The van der Waals surface area contributed by atoms with Crippen LogP contribution in [-0.2, 0) is 4.74 Å². The summed E-state index contributed by atoms with van der Waals surface area (Å²) in [6, 6.07) is 3.26. The highest BCUT2D eigenvalue weighted by molar-refractivity contribution is 5.53. The van der Waals surface area contributed by atoms with Gasteiger partial charge in [-0.15, -0.1) is 0 Å². The van der Waals surface area contributed by atoms with Crippen molar-refractivity contribution in [2.75, 3.05) is 19.8 Å². The molecule has 0 aliphatic rings. The molecule has 1 aromatic carbocycles. The standard InChI is InChI=1S/C13H19NO5/c1-4-18-7-11(15)8-19-13-10(3)5-9(2)6-12(13)14(16)17/h5-6,11,15H,4,7-8H2,1-3H3/t11-/m1/s1. The molecule has 1 N–H and O–H groups in total. The second-order valence-corrected chi connectivity index (χ2v) is 4.31. The highest BCUT2D eigenvalue weighted by atomic mass is 16.6. The van der Waals surface area contributed by atoms with Gasteiger partial charge >= 0.3 is 5.69 Å². The molecule has 0 unspecified atom stereocenters. The Bertz CT molecular complexity index is 447. The third-order valence-corrected chi connectivity index (χ3v) is 2.53. The molecule has 0 aliphatic carbocycles. The second kappa shape index (κ2) is 7.06. The van der Waals surface area contributed by atoms with Crippen LogP contribution in [0, 0.1) is 24.0 Å². The first-order valence-corrected chi connectivity index (χ1v) is 6.10. The van der Waals surface area contributed by atoms with Crippen molar-refractivity contribution < 1.29 is 19.5 Å². The van der Waals surface area contributed by atoms with E-state index in [4.69, 9.17) is 9.47 Å². The predicted octanol–water partition coefficient (Wildman–Crippen LogP) is 1.99. The first kappa shape index (κ1) is 15.4. The van der Waals surface area contributed by atoms with E-state index in [1.54, 1.807) is 19.9 Å². The Hall–Kier alpha value is -1.66. The molecule has 6 nitrogen and oxygen atoms in total. The number of nitro benzene ring substituents is 1. The van der Waals surface area contributed by atoms with Crippen LogP contribution in [0.3, 0.4) is 0 Å². The van der Waals surface area contributed by atoms with Gasteiger partial charge in [-0.1, -0.05) is 6.07 Å². The van der Waals surface area contributed by atoms with Crippen molar-refractivity contribution in [2.24, 2.45) is 0 Å². The van der Waals surface area contributed by atoms with E-state index in [1.807, 2.05) is 6.92 Å². The molecule has 1 rings (SSSR count). The van der Waals surface area contributed by atoms with E-state index in [1.165, 1.54) is 6.07 Å². The third-order valence-electron chi connectivity index (χ3n) is 2.53. The maximum absolute atomic E-state index is 11.0. The van der Waals surface area contributed by atoms with E-state index < -0.39 is 11.0 Å². The zero-order chi connectivity index (χ0) is 14.4. The molecular weight excluding hydrogens is 250 g/mol. The average Bonchev–Trinajstić information content (AvgIpc) is 2.34.